The van der Waals surface area contributed by atoms with Crippen LogP contribution in [0, 0.1) is 5.82 Å². The Morgan fingerprint density at radius 2 is 2.05 bits per heavy atom. The summed E-state index contributed by atoms with van der Waals surface area (Å²) < 4.78 is 28.0. The third-order valence-electron chi connectivity index (χ3n) is 2.65. The third kappa shape index (κ3) is 5.03. The molecular weight excluding hydrogens is 281 g/mol. The molecule has 0 aliphatic heterocycles. The number of rotatable bonds is 7. The molecule has 1 amide bonds. The van der Waals surface area contributed by atoms with Crippen molar-refractivity contribution in [2.24, 2.45) is 0 Å². The molecule has 0 radical (unpaired) electrons. The van der Waals surface area contributed by atoms with Crippen LogP contribution >= 0.6 is 0 Å². The lowest BCUT2D eigenvalue weighted by molar-refractivity contribution is -0.129. The predicted octanol–water partition coefficient (Wildman–Crippen LogP) is 1.14. The number of carbonyl (C=O) groups is 2. The average molecular weight is 299 g/mol. The van der Waals surface area contributed by atoms with Gasteiger partial charge in [-0.25, -0.2) is 9.18 Å². The van der Waals surface area contributed by atoms with Crippen molar-refractivity contribution in [3.63, 3.8) is 0 Å². The van der Waals surface area contributed by atoms with E-state index in [2.05, 4.69) is 5.32 Å². The maximum Gasteiger partial charge on any atom is 0.339 e. The van der Waals surface area contributed by atoms with Crippen molar-refractivity contribution in [3.8, 4) is 5.75 Å². The number of benzene rings is 1. The summed E-state index contributed by atoms with van der Waals surface area (Å²) in [6, 6.07) is 3.67. The first kappa shape index (κ1) is 16.9. The maximum atomic E-state index is 13.5. The van der Waals surface area contributed by atoms with E-state index in [-0.39, 0.29) is 11.3 Å². The van der Waals surface area contributed by atoms with E-state index in [0.717, 1.165) is 6.07 Å². The molecule has 0 bridgehead atoms. The lowest BCUT2D eigenvalue weighted by Crippen LogP contribution is -2.37. The highest BCUT2D eigenvalue weighted by Gasteiger charge is 2.19. The molecule has 0 unspecified atom stereocenters. The minimum absolute atomic E-state index is 0.00448. The van der Waals surface area contributed by atoms with Crippen LogP contribution in [0.4, 0.5) is 4.39 Å². The molecule has 21 heavy (non-hydrogen) atoms. The number of methoxy groups -OCH3 is 2. The molecule has 6 nitrogen and oxygen atoms in total. The second kappa shape index (κ2) is 8.21. The molecule has 1 aromatic rings. The normalized spacial score (nSPS) is 11.6. The molecular formula is C14H18FNO5. The quantitative estimate of drug-likeness (QED) is 0.604. The second-order valence-electron chi connectivity index (χ2n) is 4.18. The molecule has 7 heteroatoms. The van der Waals surface area contributed by atoms with Crippen molar-refractivity contribution < 1.29 is 28.2 Å². The summed E-state index contributed by atoms with van der Waals surface area (Å²) >= 11 is 0. The van der Waals surface area contributed by atoms with E-state index in [1.807, 2.05) is 0 Å². The van der Waals surface area contributed by atoms with Crippen LogP contribution in [0.15, 0.2) is 18.2 Å². The highest BCUT2D eigenvalue weighted by molar-refractivity contribution is 5.92. The zero-order valence-electron chi connectivity index (χ0n) is 12.1. The van der Waals surface area contributed by atoms with Gasteiger partial charge in [0.05, 0.1) is 19.3 Å². The fraction of sp³-hybridized carbons (Fsp3) is 0.429. The minimum Gasteiger partial charge on any atom is -0.494 e. The molecule has 1 rings (SSSR count). The van der Waals surface area contributed by atoms with Gasteiger partial charge in [-0.2, -0.15) is 0 Å². The Bertz CT molecular complexity index is 506. The Morgan fingerprint density at radius 3 is 2.62 bits per heavy atom. The van der Waals surface area contributed by atoms with Crippen molar-refractivity contribution in [2.75, 3.05) is 27.4 Å². The number of amides is 1. The fourth-order valence-corrected chi connectivity index (χ4v) is 1.50. The number of halogens is 1. The fourth-order valence-electron chi connectivity index (χ4n) is 1.50. The van der Waals surface area contributed by atoms with Gasteiger partial charge in [-0.1, -0.05) is 0 Å². The lowest BCUT2D eigenvalue weighted by Gasteiger charge is -2.13. The zero-order chi connectivity index (χ0) is 15.8. The van der Waals surface area contributed by atoms with Gasteiger partial charge in [-0.15, -0.1) is 0 Å². The van der Waals surface area contributed by atoms with E-state index < -0.39 is 23.8 Å². The number of hydrogen-bond donors (Lipinski definition) is 1. The van der Waals surface area contributed by atoms with Gasteiger partial charge in [0.1, 0.15) is 0 Å². The van der Waals surface area contributed by atoms with Crippen LogP contribution in [0.25, 0.3) is 0 Å². The zero-order valence-corrected chi connectivity index (χ0v) is 12.1. The average Bonchev–Trinajstić information content (AvgIpc) is 2.47. The number of ether oxygens (including phenoxy) is 3. The van der Waals surface area contributed by atoms with Crippen LogP contribution in [-0.4, -0.2) is 45.4 Å². The van der Waals surface area contributed by atoms with Crippen molar-refractivity contribution in [1.29, 1.82) is 0 Å². The van der Waals surface area contributed by atoms with Crippen molar-refractivity contribution in [3.05, 3.63) is 29.6 Å². The SMILES string of the molecule is COCCNC(=O)[C@@H](C)OC(=O)c1ccc(OC)c(F)c1. The summed E-state index contributed by atoms with van der Waals surface area (Å²) in [6.45, 7) is 2.10. The van der Waals surface area contributed by atoms with Crippen molar-refractivity contribution >= 4 is 11.9 Å². The molecule has 116 valence electrons. The monoisotopic (exact) mass is 299 g/mol. The van der Waals surface area contributed by atoms with Crippen LogP contribution < -0.4 is 10.1 Å². The van der Waals surface area contributed by atoms with Crippen molar-refractivity contribution in [1.82, 2.24) is 5.32 Å². The van der Waals surface area contributed by atoms with Gasteiger partial charge in [0, 0.05) is 13.7 Å². The predicted molar refractivity (Wildman–Crippen MR) is 72.7 cm³/mol. The number of carbonyl (C=O) groups excluding carboxylic acids is 2. The van der Waals surface area contributed by atoms with E-state index in [0.29, 0.717) is 13.2 Å². The molecule has 0 saturated carbocycles. The Hall–Kier alpha value is -2.15. The summed E-state index contributed by atoms with van der Waals surface area (Å²) in [4.78, 5) is 23.4. The van der Waals surface area contributed by atoms with Crippen LogP contribution in [0.5, 0.6) is 5.75 Å². The summed E-state index contributed by atoms with van der Waals surface area (Å²) in [5.41, 5.74) is 0.00448. The summed E-state index contributed by atoms with van der Waals surface area (Å²) in [7, 11) is 2.83. The first-order valence-electron chi connectivity index (χ1n) is 6.30. The molecule has 0 heterocycles. The Kier molecular flexibility index (Phi) is 6.61. The van der Waals surface area contributed by atoms with E-state index in [1.165, 1.54) is 33.3 Å². The van der Waals surface area contributed by atoms with Gasteiger partial charge in [0.15, 0.2) is 17.7 Å². The third-order valence-corrected chi connectivity index (χ3v) is 2.65. The van der Waals surface area contributed by atoms with Crippen LogP contribution in [-0.2, 0) is 14.3 Å². The molecule has 1 N–H and O–H groups in total. The Labute approximate surface area is 122 Å². The smallest absolute Gasteiger partial charge is 0.339 e. The highest BCUT2D eigenvalue weighted by Crippen LogP contribution is 2.18. The minimum atomic E-state index is -0.987. The van der Waals surface area contributed by atoms with Gasteiger partial charge in [0.2, 0.25) is 0 Å². The topological polar surface area (TPSA) is 73.9 Å². The van der Waals surface area contributed by atoms with Gasteiger partial charge in [0.25, 0.3) is 5.91 Å². The van der Waals surface area contributed by atoms with Crippen LogP contribution in [0.1, 0.15) is 17.3 Å². The standard InChI is InChI=1S/C14H18FNO5/c1-9(13(17)16-6-7-19-2)21-14(18)10-4-5-12(20-3)11(15)8-10/h4-5,8-9H,6-7H2,1-3H3,(H,16,17)/t9-/m1/s1. The highest BCUT2D eigenvalue weighted by atomic mass is 19.1. The van der Waals surface area contributed by atoms with Crippen molar-refractivity contribution in [2.45, 2.75) is 13.0 Å². The van der Waals surface area contributed by atoms with E-state index in [4.69, 9.17) is 14.2 Å². The molecule has 0 spiro atoms. The molecule has 0 saturated heterocycles. The molecule has 0 aliphatic rings. The van der Waals surface area contributed by atoms with E-state index in [1.54, 1.807) is 0 Å². The molecule has 0 aromatic heterocycles. The van der Waals surface area contributed by atoms with Gasteiger partial charge in [-0.05, 0) is 25.1 Å². The van der Waals surface area contributed by atoms with Crippen LogP contribution in [0.2, 0.25) is 0 Å². The second-order valence-corrected chi connectivity index (χ2v) is 4.18. The molecule has 1 atom stereocenters. The van der Waals surface area contributed by atoms with Crippen LogP contribution in [0.3, 0.4) is 0 Å². The van der Waals surface area contributed by atoms with E-state index in [9.17, 15) is 14.0 Å². The Morgan fingerprint density at radius 1 is 1.33 bits per heavy atom. The number of nitrogens with one attached hydrogen (secondary N) is 1. The Balaban J connectivity index is 2.59. The maximum absolute atomic E-state index is 13.5. The summed E-state index contributed by atoms with van der Waals surface area (Å²) in [5, 5.41) is 2.53. The number of esters is 1. The first-order valence-corrected chi connectivity index (χ1v) is 6.30. The summed E-state index contributed by atoms with van der Waals surface area (Å²) in [6.07, 6.45) is -0.987. The first-order chi connectivity index (χ1) is 9.99. The number of hydrogen-bond acceptors (Lipinski definition) is 5. The lowest BCUT2D eigenvalue weighted by atomic mass is 10.2. The van der Waals surface area contributed by atoms with Gasteiger partial charge in [-0.3, -0.25) is 4.79 Å². The summed E-state index contributed by atoms with van der Waals surface area (Å²) in [5.74, 6) is -1.89. The molecule has 0 aliphatic carbocycles. The van der Waals surface area contributed by atoms with E-state index >= 15 is 0 Å². The van der Waals surface area contributed by atoms with Gasteiger partial charge >= 0.3 is 5.97 Å². The largest absolute Gasteiger partial charge is 0.494 e. The molecule has 0 fully saturated rings. The van der Waals surface area contributed by atoms with Gasteiger partial charge < -0.3 is 19.5 Å². The molecule has 1 aromatic carbocycles.